The minimum absolute atomic E-state index is 0.822. The third-order valence-corrected chi connectivity index (χ3v) is 11.4. The number of furan rings is 2. The van der Waals surface area contributed by atoms with E-state index >= 15 is 0 Å². The molecule has 0 spiro atoms. The van der Waals surface area contributed by atoms with Gasteiger partial charge >= 0.3 is 0 Å². The molecule has 4 heterocycles. The van der Waals surface area contributed by atoms with Gasteiger partial charge < -0.3 is 13.4 Å². The summed E-state index contributed by atoms with van der Waals surface area (Å²) in [5, 5.41) is 6.73. The fraction of sp³-hybridized carbons (Fsp3) is 0. The molecule has 0 aliphatic heterocycles. The molecule has 0 aliphatic carbocycles. The molecule has 12 aromatic rings. The van der Waals surface area contributed by atoms with Gasteiger partial charge in [-0.05, 0) is 65.7 Å². The summed E-state index contributed by atoms with van der Waals surface area (Å²) in [7, 11) is 0. The van der Waals surface area contributed by atoms with Gasteiger partial charge in [0.05, 0.1) is 22.4 Å². The molecule has 0 bridgehead atoms. The number of fused-ring (bicyclic) bond motifs is 9. The Hall–Kier alpha value is -7.69. The van der Waals surface area contributed by atoms with E-state index in [9.17, 15) is 0 Å². The van der Waals surface area contributed by atoms with Crippen LogP contribution in [0.5, 0.6) is 0 Å². The zero-order valence-corrected chi connectivity index (χ0v) is 30.7. The number of para-hydroxylation sites is 5. The molecule has 0 radical (unpaired) electrons. The minimum atomic E-state index is 0.822. The molecule has 0 amide bonds. The lowest BCUT2D eigenvalue weighted by Crippen LogP contribution is -1.95. The average Bonchev–Trinajstić information content (AvgIpc) is 3.96. The number of rotatable bonds is 5. The van der Waals surface area contributed by atoms with Crippen molar-refractivity contribution in [3.8, 4) is 50.5 Å². The topological polar surface area (TPSA) is 44.1 Å². The van der Waals surface area contributed by atoms with Gasteiger partial charge in [0.15, 0.2) is 0 Å². The average molecular weight is 729 g/mol. The van der Waals surface area contributed by atoms with Crippen LogP contribution in [0.15, 0.2) is 203 Å². The second-order valence-electron chi connectivity index (χ2n) is 14.7. The van der Waals surface area contributed by atoms with Crippen LogP contribution in [0.3, 0.4) is 0 Å². The lowest BCUT2D eigenvalue weighted by atomic mass is 9.96. The monoisotopic (exact) mass is 728 g/mol. The predicted octanol–water partition coefficient (Wildman–Crippen LogP) is 14.6. The van der Waals surface area contributed by atoms with Crippen LogP contribution in [0, 0.1) is 0 Å². The van der Waals surface area contributed by atoms with Crippen LogP contribution in [0.2, 0.25) is 0 Å². The molecule has 0 unspecified atom stereocenters. The van der Waals surface area contributed by atoms with Gasteiger partial charge in [0.1, 0.15) is 22.3 Å². The van der Waals surface area contributed by atoms with E-state index in [4.69, 9.17) is 13.8 Å². The molecule has 0 saturated heterocycles. The summed E-state index contributed by atoms with van der Waals surface area (Å²) in [6.45, 7) is 0. The molecule has 57 heavy (non-hydrogen) atoms. The molecule has 266 valence electrons. The highest BCUT2D eigenvalue weighted by Gasteiger charge is 2.22. The van der Waals surface area contributed by atoms with Crippen molar-refractivity contribution in [1.82, 2.24) is 9.55 Å². The van der Waals surface area contributed by atoms with Gasteiger partial charge in [0.25, 0.3) is 0 Å². The highest BCUT2D eigenvalue weighted by molar-refractivity contribution is 6.19. The first-order chi connectivity index (χ1) is 28.3. The van der Waals surface area contributed by atoms with E-state index in [1.54, 1.807) is 0 Å². The van der Waals surface area contributed by atoms with Crippen molar-refractivity contribution in [3.63, 3.8) is 0 Å². The second kappa shape index (κ2) is 12.4. The van der Waals surface area contributed by atoms with Gasteiger partial charge in [-0.3, -0.25) is 0 Å². The molecule has 4 nitrogen and oxygen atoms in total. The Bertz CT molecular complexity index is 3520. The molecule has 0 aliphatic rings. The van der Waals surface area contributed by atoms with Crippen LogP contribution in [-0.4, -0.2) is 9.55 Å². The normalized spacial score (nSPS) is 11.9. The summed E-state index contributed by atoms with van der Waals surface area (Å²) in [4.78, 5) is 5.40. The van der Waals surface area contributed by atoms with Crippen LogP contribution in [0.25, 0.3) is 116 Å². The van der Waals surface area contributed by atoms with Gasteiger partial charge in [0.2, 0.25) is 0 Å². The quantitative estimate of drug-likeness (QED) is 0.177. The van der Waals surface area contributed by atoms with E-state index in [0.717, 1.165) is 99.8 Å². The van der Waals surface area contributed by atoms with E-state index < -0.39 is 0 Å². The maximum Gasteiger partial charge on any atom is 0.143 e. The zero-order valence-electron chi connectivity index (χ0n) is 30.7. The van der Waals surface area contributed by atoms with Crippen molar-refractivity contribution < 1.29 is 8.83 Å². The summed E-state index contributed by atoms with van der Waals surface area (Å²) in [5.74, 6) is 0. The summed E-state index contributed by atoms with van der Waals surface area (Å²) in [6, 6.07) is 68.2. The second-order valence-corrected chi connectivity index (χ2v) is 14.7. The lowest BCUT2D eigenvalue weighted by Gasteiger charge is -2.12. The Labute approximate surface area is 327 Å². The van der Waals surface area contributed by atoms with Crippen molar-refractivity contribution in [1.29, 1.82) is 0 Å². The van der Waals surface area contributed by atoms with E-state index in [0.29, 0.717) is 0 Å². The Morgan fingerprint density at radius 3 is 1.89 bits per heavy atom. The summed E-state index contributed by atoms with van der Waals surface area (Å²) in [5.41, 5.74) is 15.0. The molecule has 8 aromatic carbocycles. The van der Waals surface area contributed by atoms with Gasteiger partial charge in [-0.2, -0.15) is 0 Å². The summed E-state index contributed by atoms with van der Waals surface area (Å²) >= 11 is 0. The predicted molar refractivity (Wildman–Crippen MR) is 235 cm³/mol. The molecule has 12 rings (SSSR count). The minimum Gasteiger partial charge on any atom is -0.456 e. The number of nitrogens with zero attached hydrogens (tertiary/aromatic N) is 2. The van der Waals surface area contributed by atoms with E-state index in [1.807, 2.05) is 12.1 Å². The molecule has 0 fully saturated rings. The Kier molecular flexibility index (Phi) is 6.89. The molecule has 4 aromatic heterocycles. The molecule has 0 N–H and O–H groups in total. The van der Waals surface area contributed by atoms with Crippen LogP contribution in [-0.2, 0) is 0 Å². The van der Waals surface area contributed by atoms with Crippen LogP contribution in [0.4, 0.5) is 0 Å². The smallest absolute Gasteiger partial charge is 0.143 e. The maximum absolute atomic E-state index is 6.93. The number of hydrogen-bond donors (Lipinski definition) is 0. The SMILES string of the molecule is c1ccc(-c2cc(-c3ccc4c(c3)oc3ccccc34)nc(-c3cccc4oc5c(-c6cccc7c8ccccc8n(-c8ccccc8)c67)cccc5c34)c2)cc1. The fourth-order valence-corrected chi connectivity index (χ4v) is 8.85. The molecule has 0 atom stereocenters. The fourth-order valence-electron chi connectivity index (χ4n) is 8.85. The largest absolute Gasteiger partial charge is 0.456 e. The van der Waals surface area contributed by atoms with Crippen molar-refractivity contribution >= 4 is 65.7 Å². The standard InChI is InChI=1S/C53H32N2O2/c1-3-14-33(15-4-1)35-30-45(34-28-29-39-38-19-8-10-26-48(38)56-50(39)32-34)54-46(31-35)43-23-13-27-49-51(43)44-24-12-22-42(53(44)57-49)41-21-11-20-40-37-18-7-9-25-47(37)55(52(40)41)36-16-5-2-6-17-36/h1-32H. The number of aromatic nitrogens is 2. The van der Waals surface area contributed by atoms with Crippen molar-refractivity contribution in [2.75, 3.05) is 0 Å². The zero-order chi connectivity index (χ0) is 37.5. The first-order valence-electron chi connectivity index (χ1n) is 19.3. The van der Waals surface area contributed by atoms with Crippen LogP contribution < -0.4 is 0 Å². The lowest BCUT2D eigenvalue weighted by molar-refractivity contribution is 0.669. The van der Waals surface area contributed by atoms with Crippen LogP contribution in [0.1, 0.15) is 0 Å². The van der Waals surface area contributed by atoms with Gasteiger partial charge in [-0.1, -0.05) is 140 Å². The van der Waals surface area contributed by atoms with E-state index in [2.05, 4.69) is 187 Å². The van der Waals surface area contributed by atoms with Crippen molar-refractivity contribution in [2.24, 2.45) is 0 Å². The third kappa shape index (κ3) is 4.91. The molecular formula is C53H32N2O2. The Morgan fingerprint density at radius 2 is 1.02 bits per heavy atom. The first kappa shape index (κ1) is 31.6. The Morgan fingerprint density at radius 1 is 0.368 bits per heavy atom. The third-order valence-electron chi connectivity index (χ3n) is 11.4. The molecular weight excluding hydrogens is 697 g/mol. The van der Waals surface area contributed by atoms with Crippen molar-refractivity contribution in [2.45, 2.75) is 0 Å². The Balaban J connectivity index is 1.09. The number of benzene rings is 8. The highest BCUT2D eigenvalue weighted by Crippen LogP contribution is 2.45. The molecule has 4 heteroatoms. The van der Waals surface area contributed by atoms with Crippen molar-refractivity contribution in [3.05, 3.63) is 194 Å². The summed E-state index contributed by atoms with van der Waals surface area (Å²) in [6.07, 6.45) is 0. The summed E-state index contributed by atoms with van der Waals surface area (Å²) < 4.78 is 15.6. The number of hydrogen-bond acceptors (Lipinski definition) is 3. The van der Waals surface area contributed by atoms with Gasteiger partial charge in [-0.15, -0.1) is 0 Å². The number of pyridine rings is 1. The van der Waals surface area contributed by atoms with E-state index in [1.165, 1.54) is 16.3 Å². The first-order valence-corrected chi connectivity index (χ1v) is 19.3. The molecule has 0 saturated carbocycles. The maximum atomic E-state index is 6.93. The highest BCUT2D eigenvalue weighted by atomic mass is 16.3. The van der Waals surface area contributed by atoms with E-state index in [-0.39, 0.29) is 0 Å². The van der Waals surface area contributed by atoms with Gasteiger partial charge in [0, 0.05) is 60.3 Å². The van der Waals surface area contributed by atoms with Gasteiger partial charge in [-0.25, -0.2) is 4.98 Å². The van der Waals surface area contributed by atoms with Crippen LogP contribution >= 0.6 is 0 Å².